The average Bonchev–Trinajstić information content (AvgIpc) is 2.70. The van der Waals surface area contributed by atoms with Crippen LogP contribution in [0.3, 0.4) is 0 Å². The van der Waals surface area contributed by atoms with Gasteiger partial charge >= 0.3 is 0 Å². The van der Waals surface area contributed by atoms with Gasteiger partial charge in [0, 0.05) is 24.0 Å². The maximum atomic E-state index is 6.40. The molecule has 2 rings (SSSR count). The van der Waals surface area contributed by atoms with E-state index >= 15 is 0 Å². The van der Waals surface area contributed by atoms with Crippen LogP contribution < -0.4 is 5.32 Å². The molecule has 5 heteroatoms. The van der Waals surface area contributed by atoms with Gasteiger partial charge in [0.25, 0.3) is 0 Å². The van der Waals surface area contributed by atoms with Gasteiger partial charge < -0.3 is 5.32 Å². The molecule has 0 aliphatic rings. The second-order valence-electron chi connectivity index (χ2n) is 5.20. The quantitative estimate of drug-likeness (QED) is 0.830. The van der Waals surface area contributed by atoms with Gasteiger partial charge in [-0.05, 0) is 31.5 Å². The topological polar surface area (TPSA) is 29.9 Å². The molecule has 3 nitrogen and oxygen atoms in total. The molecule has 0 amide bonds. The Bertz CT molecular complexity index is 610. The van der Waals surface area contributed by atoms with E-state index in [0.717, 1.165) is 40.4 Å². The maximum Gasteiger partial charge on any atom is 0.0847 e. The molecule has 0 saturated carbocycles. The molecule has 1 atom stereocenters. The Morgan fingerprint density at radius 1 is 1.38 bits per heavy atom. The summed E-state index contributed by atoms with van der Waals surface area (Å²) in [6.45, 7) is 5.95. The first kappa shape index (κ1) is 16.5. The van der Waals surface area contributed by atoms with Gasteiger partial charge in [0.2, 0.25) is 0 Å². The van der Waals surface area contributed by atoms with Gasteiger partial charge in [-0.25, -0.2) is 0 Å². The van der Waals surface area contributed by atoms with Crippen molar-refractivity contribution in [1.82, 2.24) is 15.1 Å². The molecule has 0 spiro atoms. The standard InChI is InChI=1S/C16H21BrClN3/c1-4-19-10-12(13-7-5-6-8-14(13)17)9-15-16(18)11(2)20-21(15)3/h5-8,12,19H,4,9-10H2,1-3H3. The van der Waals surface area contributed by atoms with Crippen LogP contribution in [0.4, 0.5) is 0 Å². The minimum Gasteiger partial charge on any atom is -0.316 e. The lowest BCUT2D eigenvalue weighted by Crippen LogP contribution is -2.23. The van der Waals surface area contributed by atoms with Crippen LogP contribution in [-0.2, 0) is 13.5 Å². The highest BCUT2D eigenvalue weighted by Crippen LogP contribution is 2.30. The molecule has 0 bridgehead atoms. The van der Waals surface area contributed by atoms with Gasteiger partial charge in [-0.15, -0.1) is 0 Å². The fourth-order valence-corrected chi connectivity index (χ4v) is 3.40. The summed E-state index contributed by atoms with van der Waals surface area (Å²) in [4.78, 5) is 0. The summed E-state index contributed by atoms with van der Waals surface area (Å²) in [5.41, 5.74) is 3.28. The predicted octanol–water partition coefficient (Wildman–Crippen LogP) is 4.08. The average molecular weight is 371 g/mol. The van der Waals surface area contributed by atoms with Crippen molar-refractivity contribution < 1.29 is 0 Å². The lowest BCUT2D eigenvalue weighted by atomic mass is 9.94. The monoisotopic (exact) mass is 369 g/mol. The van der Waals surface area contributed by atoms with Crippen molar-refractivity contribution in [2.24, 2.45) is 7.05 Å². The van der Waals surface area contributed by atoms with E-state index in [2.05, 4.69) is 51.5 Å². The minimum absolute atomic E-state index is 0.354. The van der Waals surface area contributed by atoms with Crippen LogP contribution in [0.15, 0.2) is 28.7 Å². The van der Waals surface area contributed by atoms with E-state index < -0.39 is 0 Å². The highest BCUT2D eigenvalue weighted by atomic mass is 79.9. The lowest BCUT2D eigenvalue weighted by Gasteiger charge is -2.19. The molecule has 21 heavy (non-hydrogen) atoms. The van der Waals surface area contributed by atoms with Gasteiger partial charge in [-0.1, -0.05) is 52.7 Å². The lowest BCUT2D eigenvalue weighted by molar-refractivity contribution is 0.569. The minimum atomic E-state index is 0.354. The van der Waals surface area contributed by atoms with E-state index in [1.165, 1.54) is 5.56 Å². The second-order valence-corrected chi connectivity index (χ2v) is 6.43. The fraction of sp³-hybridized carbons (Fsp3) is 0.438. The van der Waals surface area contributed by atoms with Gasteiger partial charge in [-0.3, -0.25) is 4.68 Å². The van der Waals surface area contributed by atoms with E-state index in [-0.39, 0.29) is 0 Å². The van der Waals surface area contributed by atoms with Crippen LogP contribution >= 0.6 is 27.5 Å². The highest BCUT2D eigenvalue weighted by Gasteiger charge is 2.19. The van der Waals surface area contributed by atoms with Gasteiger partial charge in [-0.2, -0.15) is 5.10 Å². The number of nitrogens with zero attached hydrogens (tertiary/aromatic N) is 2. The molecule has 1 aromatic carbocycles. The van der Waals surface area contributed by atoms with Crippen molar-refractivity contribution in [2.75, 3.05) is 13.1 Å². The first-order valence-electron chi connectivity index (χ1n) is 7.17. The number of aromatic nitrogens is 2. The maximum absolute atomic E-state index is 6.40. The van der Waals surface area contributed by atoms with Crippen molar-refractivity contribution in [3.05, 3.63) is 50.7 Å². The zero-order valence-electron chi connectivity index (χ0n) is 12.7. The number of halogens is 2. The number of rotatable bonds is 6. The molecule has 0 radical (unpaired) electrons. The Morgan fingerprint density at radius 3 is 2.67 bits per heavy atom. The van der Waals surface area contributed by atoms with Gasteiger partial charge in [0.1, 0.15) is 0 Å². The summed E-state index contributed by atoms with van der Waals surface area (Å²) in [7, 11) is 1.96. The molecule has 2 aromatic rings. The molecule has 0 aliphatic heterocycles. The third-order valence-electron chi connectivity index (χ3n) is 3.69. The number of hydrogen-bond donors (Lipinski definition) is 1. The van der Waals surface area contributed by atoms with Crippen molar-refractivity contribution in [3.63, 3.8) is 0 Å². The van der Waals surface area contributed by atoms with Crippen LogP contribution in [0.1, 0.15) is 29.8 Å². The number of likely N-dealkylation sites (N-methyl/N-ethyl adjacent to an activating group) is 1. The second kappa shape index (κ2) is 7.43. The molecule has 0 aliphatic carbocycles. The normalized spacial score (nSPS) is 12.6. The first-order valence-corrected chi connectivity index (χ1v) is 8.34. The number of nitrogens with one attached hydrogen (secondary N) is 1. The Balaban J connectivity index is 2.31. The molecule has 1 aromatic heterocycles. The third kappa shape index (κ3) is 3.87. The fourth-order valence-electron chi connectivity index (χ4n) is 2.55. The summed E-state index contributed by atoms with van der Waals surface area (Å²) in [5, 5.41) is 8.64. The molecular formula is C16H21BrClN3. The molecule has 114 valence electrons. The largest absolute Gasteiger partial charge is 0.316 e. The Morgan fingerprint density at radius 2 is 2.10 bits per heavy atom. The summed E-state index contributed by atoms with van der Waals surface area (Å²) < 4.78 is 3.04. The van der Waals surface area contributed by atoms with E-state index in [9.17, 15) is 0 Å². The van der Waals surface area contributed by atoms with Crippen LogP contribution in [0.2, 0.25) is 5.02 Å². The molecule has 1 unspecified atom stereocenters. The molecule has 1 N–H and O–H groups in total. The van der Waals surface area contributed by atoms with Crippen LogP contribution in [0, 0.1) is 6.92 Å². The number of aryl methyl sites for hydroxylation is 2. The van der Waals surface area contributed by atoms with Gasteiger partial charge in [0.05, 0.1) is 16.4 Å². The summed E-state index contributed by atoms with van der Waals surface area (Å²) in [5.74, 6) is 0.354. The summed E-state index contributed by atoms with van der Waals surface area (Å²) in [6, 6.07) is 8.38. The van der Waals surface area contributed by atoms with Crippen LogP contribution in [-0.4, -0.2) is 22.9 Å². The van der Waals surface area contributed by atoms with Gasteiger partial charge in [0.15, 0.2) is 0 Å². The number of hydrogen-bond acceptors (Lipinski definition) is 2. The number of benzene rings is 1. The van der Waals surface area contributed by atoms with Crippen molar-refractivity contribution in [2.45, 2.75) is 26.2 Å². The van der Waals surface area contributed by atoms with Crippen LogP contribution in [0.25, 0.3) is 0 Å². The Hall–Kier alpha value is -0.840. The van der Waals surface area contributed by atoms with Crippen LogP contribution in [0.5, 0.6) is 0 Å². The zero-order valence-corrected chi connectivity index (χ0v) is 15.0. The SMILES string of the molecule is CCNCC(Cc1c(Cl)c(C)nn1C)c1ccccc1Br. The van der Waals surface area contributed by atoms with E-state index in [1.54, 1.807) is 0 Å². The molecule has 1 heterocycles. The summed E-state index contributed by atoms with van der Waals surface area (Å²) in [6.07, 6.45) is 0.867. The summed E-state index contributed by atoms with van der Waals surface area (Å²) >= 11 is 10.1. The Labute approximate surface area is 139 Å². The van der Waals surface area contributed by atoms with Crippen molar-refractivity contribution >= 4 is 27.5 Å². The van der Waals surface area contributed by atoms with E-state index in [4.69, 9.17) is 11.6 Å². The van der Waals surface area contributed by atoms with E-state index in [1.807, 2.05) is 24.7 Å². The van der Waals surface area contributed by atoms with Crippen molar-refractivity contribution in [3.8, 4) is 0 Å². The molecule has 0 saturated heterocycles. The van der Waals surface area contributed by atoms with Crippen molar-refractivity contribution in [1.29, 1.82) is 0 Å². The molecule has 0 fully saturated rings. The molecular weight excluding hydrogens is 350 g/mol. The third-order valence-corrected chi connectivity index (χ3v) is 4.90. The highest BCUT2D eigenvalue weighted by molar-refractivity contribution is 9.10. The predicted molar refractivity (Wildman–Crippen MR) is 92.1 cm³/mol. The Kier molecular flexibility index (Phi) is 5.85. The first-order chi connectivity index (χ1) is 10.0. The smallest absolute Gasteiger partial charge is 0.0847 e. The zero-order chi connectivity index (χ0) is 15.4. The van der Waals surface area contributed by atoms with E-state index in [0.29, 0.717) is 5.92 Å².